The summed E-state index contributed by atoms with van der Waals surface area (Å²) in [5.41, 5.74) is 3.02. The van der Waals surface area contributed by atoms with Crippen molar-refractivity contribution < 1.29 is 23.8 Å². The molecular weight excluding hydrogens is 396 g/mol. The molecule has 0 saturated carbocycles. The summed E-state index contributed by atoms with van der Waals surface area (Å²) in [5.74, 6) is 0.392. The van der Waals surface area contributed by atoms with Crippen molar-refractivity contribution in [2.75, 3.05) is 13.4 Å². The van der Waals surface area contributed by atoms with Crippen LogP contribution in [0.3, 0.4) is 0 Å². The summed E-state index contributed by atoms with van der Waals surface area (Å²) >= 11 is 0. The van der Waals surface area contributed by atoms with E-state index in [1.165, 1.54) is 6.08 Å². The largest absolute Gasteiger partial charge is 0.454 e. The highest BCUT2D eigenvalue weighted by Gasteiger charge is 2.19. The predicted octanol–water partition coefficient (Wildman–Crippen LogP) is 4.21. The molecule has 7 nitrogen and oxygen atoms in total. The minimum Gasteiger partial charge on any atom is -0.454 e. The standard InChI is InChI=1S/C24H26N2O5/c1-15(2)7-8-26-16(3)9-19(17(26)4)10-20(12-25)24(28)29-13-21(27)18-5-6-22-23(11-18)31-14-30-22/h5-6,9-11,15H,7-8,13-14H2,1-4H3/b20-10+. The first-order valence-corrected chi connectivity index (χ1v) is 10.2. The Hall–Kier alpha value is -3.53. The molecule has 0 amide bonds. The van der Waals surface area contributed by atoms with E-state index in [4.69, 9.17) is 14.2 Å². The SMILES string of the molecule is Cc1cc(/C=C(\C#N)C(=O)OCC(=O)c2ccc3c(c2)OCO3)c(C)n1CCC(C)C. The van der Waals surface area contributed by atoms with Gasteiger partial charge in [-0.3, -0.25) is 4.79 Å². The maximum absolute atomic E-state index is 12.4. The van der Waals surface area contributed by atoms with Crippen molar-refractivity contribution >= 4 is 17.8 Å². The monoisotopic (exact) mass is 422 g/mol. The van der Waals surface area contributed by atoms with Crippen LogP contribution in [0.25, 0.3) is 6.08 Å². The van der Waals surface area contributed by atoms with Gasteiger partial charge in [-0.15, -0.1) is 0 Å². The quantitative estimate of drug-likeness (QED) is 0.274. The molecular formula is C24H26N2O5. The molecule has 1 aliphatic heterocycles. The normalized spacial score (nSPS) is 12.7. The zero-order valence-corrected chi connectivity index (χ0v) is 18.2. The third kappa shape index (κ3) is 5.15. The summed E-state index contributed by atoms with van der Waals surface area (Å²) in [6.07, 6.45) is 2.55. The molecule has 1 aliphatic rings. The summed E-state index contributed by atoms with van der Waals surface area (Å²) in [6.45, 7) is 8.82. The Bertz CT molecular complexity index is 1070. The summed E-state index contributed by atoms with van der Waals surface area (Å²) in [5, 5.41) is 9.45. The number of fused-ring (bicyclic) bond motifs is 1. The number of nitrogens with zero attached hydrogens (tertiary/aromatic N) is 2. The maximum Gasteiger partial charge on any atom is 0.349 e. The van der Waals surface area contributed by atoms with E-state index in [1.54, 1.807) is 18.2 Å². The summed E-state index contributed by atoms with van der Waals surface area (Å²) < 4.78 is 17.7. The second kappa shape index (κ2) is 9.52. The Kier molecular flexibility index (Phi) is 6.81. The molecule has 0 saturated heterocycles. The first kappa shape index (κ1) is 22.2. The number of Topliss-reactive ketones (excluding diaryl/α,β-unsaturated/α-hetero) is 1. The Morgan fingerprint density at radius 2 is 1.97 bits per heavy atom. The van der Waals surface area contributed by atoms with Gasteiger partial charge in [0.1, 0.15) is 11.6 Å². The van der Waals surface area contributed by atoms with Crippen molar-refractivity contribution in [2.24, 2.45) is 5.92 Å². The highest BCUT2D eigenvalue weighted by atomic mass is 16.7. The fourth-order valence-electron chi connectivity index (χ4n) is 3.36. The highest BCUT2D eigenvalue weighted by molar-refractivity contribution is 6.02. The Morgan fingerprint density at radius 3 is 2.68 bits per heavy atom. The van der Waals surface area contributed by atoms with Crippen LogP contribution in [-0.4, -0.2) is 29.7 Å². The van der Waals surface area contributed by atoms with Gasteiger partial charge in [-0.05, 0) is 62.1 Å². The van der Waals surface area contributed by atoms with E-state index in [-0.39, 0.29) is 12.4 Å². The number of aromatic nitrogens is 1. The van der Waals surface area contributed by atoms with Crippen molar-refractivity contribution in [3.8, 4) is 17.6 Å². The fourth-order valence-corrected chi connectivity index (χ4v) is 3.36. The van der Waals surface area contributed by atoms with Crippen LogP contribution >= 0.6 is 0 Å². The zero-order valence-electron chi connectivity index (χ0n) is 18.2. The molecule has 3 rings (SSSR count). The Balaban J connectivity index is 1.67. The van der Waals surface area contributed by atoms with E-state index in [0.29, 0.717) is 23.0 Å². The van der Waals surface area contributed by atoms with Crippen LogP contribution in [-0.2, 0) is 16.1 Å². The number of benzene rings is 1. The van der Waals surface area contributed by atoms with Crippen molar-refractivity contribution in [3.05, 3.63) is 52.4 Å². The van der Waals surface area contributed by atoms with E-state index in [0.717, 1.165) is 29.9 Å². The molecule has 1 aromatic carbocycles. The number of ketones is 1. The molecule has 0 unspecified atom stereocenters. The highest BCUT2D eigenvalue weighted by Crippen LogP contribution is 2.32. The lowest BCUT2D eigenvalue weighted by molar-refractivity contribution is -0.137. The minimum atomic E-state index is -0.830. The van der Waals surface area contributed by atoms with E-state index in [9.17, 15) is 14.9 Å². The van der Waals surface area contributed by atoms with Gasteiger partial charge in [0.15, 0.2) is 23.9 Å². The molecule has 0 aliphatic carbocycles. The van der Waals surface area contributed by atoms with Crippen LogP contribution in [0.5, 0.6) is 11.5 Å². The van der Waals surface area contributed by atoms with Crippen molar-refractivity contribution in [1.29, 1.82) is 5.26 Å². The van der Waals surface area contributed by atoms with Crippen LogP contribution in [0.1, 0.15) is 47.6 Å². The maximum atomic E-state index is 12.4. The smallest absolute Gasteiger partial charge is 0.349 e. The first-order valence-electron chi connectivity index (χ1n) is 10.2. The number of hydrogen-bond acceptors (Lipinski definition) is 6. The topological polar surface area (TPSA) is 90.6 Å². The molecule has 2 aromatic rings. The van der Waals surface area contributed by atoms with Gasteiger partial charge < -0.3 is 18.8 Å². The molecule has 1 aromatic heterocycles. The number of carbonyl (C=O) groups is 2. The van der Waals surface area contributed by atoms with Gasteiger partial charge in [-0.25, -0.2) is 4.79 Å². The van der Waals surface area contributed by atoms with Gasteiger partial charge >= 0.3 is 5.97 Å². The number of ether oxygens (including phenoxy) is 3. The van der Waals surface area contributed by atoms with Crippen LogP contribution < -0.4 is 9.47 Å². The van der Waals surface area contributed by atoms with Crippen molar-refractivity contribution in [3.63, 3.8) is 0 Å². The van der Waals surface area contributed by atoms with Gasteiger partial charge in [-0.2, -0.15) is 5.26 Å². The minimum absolute atomic E-state index is 0.108. The van der Waals surface area contributed by atoms with E-state index in [2.05, 4.69) is 18.4 Å². The molecule has 0 fully saturated rings. The molecule has 0 bridgehead atoms. The molecule has 0 spiro atoms. The van der Waals surface area contributed by atoms with Gasteiger partial charge in [0, 0.05) is 23.5 Å². The number of hydrogen-bond donors (Lipinski definition) is 0. The van der Waals surface area contributed by atoms with E-state index in [1.807, 2.05) is 26.0 Å². The lowest BCUT2D eigenvalue weighted by atomic mass is 10.1. The number of rotatable bonds is 8. The molecule has 31 heavy (non-hydrogen) atoms. The van der Waals surface area contributed by atoms with Crippen molar-refractivity contribution in [2.45, 2.75) is 40.7 Å². The molecule has 2 heterocycles. The summed E-state index contributed by atoms with van der Waals surface area (Å²) in [7, 11) is 0. The fraction of sp³-hybridized carbons (Fsp3) is 0.375. The predicted molar refractivity (Wildman–Crippen MR) is 115 cm³/mol. The lowest BCUT2D eigenvalue weighted by Crippen LogP contribution is -2.15. The van der Waals surface area contributed by atoms with Gasteiger partial charge in [0.25, 0.3) is 0 Å². The number of nitriles is 1. The van der Waals surface area contributed by atoms with Crippen molar-refractivity contribution in [1.82, 2.24) is 4.57 Å². The van der Waals surface area contributed by atoms with E-state index >= 15 is 0 Å². The average molecular weight is 422 g/mol. The van der Waals surface area contributed by atoms with Crippen LogP contribution in [0.4, 0.5) is 0 Å². The van der Waals surface area contributed by atoms with Gasteiger partial charge in [0.05, 0.1) is 0 Å². The Morgan fingerprint density at radius 1 is 1.23 bits per heavy atom. The molecule has 0 radical (unpaired) electrons. The summed E-state index contributed by atoms with van der Waals surface area (Å²) in [4.78, 5) is 24.8. The van der Waals surface area contributed by atoms with Crippen LogP contribution in [0.2, 0.25) is 0 Å². The van der Waals surface area contributed by atoms with Gasteiger partial charge in [-0.1, -0.05) is 13.8 Å². The Labute approximate surface area is 181 Å². The molecule has 162 valence electrons. The summed E-state index contributed by atoms with van der Waals surface area (Å²) in [6, 6.07) is 8.59. The second-order valence-electron chi connectivity index (χ2n) is 7.90. The van der Waals surface area contributed by atoms with Gasteiger partial charge in [0.2, 0.25) is 6.79 Å². The third-order valence-corrected chi connectivity index (χ3v) is 5.21. The number of esters is 1. The zero-order chi connectivity index (χ0) is 22.5. The molecule has 0 atom stereocenters. The van der Waals surface area contributed by atoms with Crippen LogP contribution in [0, 0.1) is 31.1 Å². The van der Waals surface area contributed by atoms with E-state index < -0.39 is 18.4 Å². The molecule has 7 heteroatoms. The second-order valence-corrected chi connectivity index (χ2v) is 7.90. The number of carbonyl (C=O) groups excluding carboxylic acids is 2. The first-order chi connectivity index (χ1) is 14.8. The third-order valence-electron chi connectivity index (χ3n) is 5.21. The molecule has 0 N–H and O–H groups in total. The number of aryl methyl sites for hydroxylation is 1. The average Bonchev–Trinajstić information content (AvgIpc) is 3.31. The lowest BCUT2D eigenvalue weighted by Gasteiger charge is -2.11. The van der Waals surface area contributed by atoms with Crippen LogP contribution in [0.15, 0.2) is 29.8 Å².